The number of benzene rings is 2. The zero-order valence-corrected chi connectivity index (χ0v) is 16.9. The van der Waals surface area contributed by atoms with E-state index in [0.29, 0.717) is 21.5 Å². The summed E-state index contributed by atoms with van der Waals surface area (Å²) in [6.45, 7) is 0.646. The van der Waals surface area contributed by atoms with E-state index in [0.717, 1.165) is 22.0 Å². The van der Waals surface area contributed by atoms with Crippen LogP contribution in [-0.4, -0.2) is 16.7 Å². The van der Waals surface area contributed by atoms with Crippen LogP contribution in [0.3, 0.4) is 0 Å². The molecule has 2 heterocycles. The summed E-state index contributed by atoms with van der Waals surface area (Å²) in [5, 5.41) is 8.11. The van der Waals surface area contributed by atoms with Crippen molar-refractivity contribution in [2.45, 2.75) is 6.54 Å². The van der Waals surface area contributed by atoms with Crippen molar-refractivity contribution in [3.63, 3.8) is 0 Å². The highest BCUT2D eigenvalue weighted by atomic mass is 35.5. The molecule has 0 fully saturated rings. The summed E-state index contributed by atoms with van der Waals surface area (Å²) < 4.78 is 2.12. The molecule has 2 aromatic heterocycles. The van der Waals surface area contributed by atoms with Gasteiger partial charge in [0.15, 0.2) is 0 Å². The Morgan fingerprint density at radius 3 is 2.75 bits per heavy atom. The Morgan fingerprint density at radius 2 is 1.96 bits per heavy atom. The summed E-state index contributed by atoms with van der Waals surface area (Å²) in [6, 6.07) is 17.3. The van der Waals surface area contributed by atoms with E-state index < -0.39 is 0 Å². The number of thiophene rings is 1. The third-order valence-electron chi connectivity index (χ3n) is 4.27. The van der Waals surface area contributed by atoms with Gasteiger partial charge in [0, 0.05) is 29.2 Å². The third-order valence-corrected chi connectivity index (χ3v) is 5.88. The van der Waals surface area contributed by atoms with E-state index in [1.54, 1.807) is 18.3 Å². The van der Waals surface area contributed by atoms with Crippen LogP contribution in [0.15, 0.2) is 71.3 Å². The lowest BCUT2D eigenvalue weighted by atomic mass is 10.2. The average Bonchev–Trinajstić information content (AvgIpc) is 3.34. The molecule has 0 radical (unpaired) electrons. The molecule has 140 valence electrons. The first kappa shape index (κ1) is 18.7. The van der Waals surface area contributed by atoms with Crippen LogP contribution in [0, 0.1) is 0 Å². The van der Waals surface area contributed by atoms with Gasteiger partial charge in [-0.2, -0.15) is 5.10 Å². The number of nitrogens with zero attached hydrogens (tertiary/aromatic N) is 2. The lowest BCUT2D eigenvalue weighted by Crippen LogP contribution is -2.16. The quantitative estimate of drug-likeness (QED) is 0.316. The van der Waals surface area contributed by atoms with Crippen molar-refractivity contribution in [3.8, 4) is 0 Å². The monoisotopic (exact) mass is 427 g/mol. The van der Waals surface area contributed by atoms with E-state index in [4.69, 9.17) is 23.2 Å². The number of carbonyl (C=O) groups excluding carboxylic acids is 1. The van der Waals surface area contributed by atoms with Crippen molar-refractivity contribution in [3.05, 3.63) is 92.2 Å². The largest absolute Gasteiger partial charge is 0.342 e. The molecule has 2 aromatic carbocycles. The van der Waals surface area contributed by atoms with Crippen molar-refractivity contribution in [2.24, 2.45) is 5.10 Å². The molecule has 4 nitrogen and oxygen atoms in total. The second-order valence-corrected chi connectivity index (χ2v) is 7.92. The summed E-state index contributed by atoms with van der Waals surface area (Å²) in [5.74, 6) is -0.217. The van der Waals surface area contributed by atoms with Crippen LogP contribution in [0.2, 0.25) is 10.0 Å². The van der Waals surface area contributed by atoms with Gasteiger partial charge in [0.25, 0.3) is 5.91 Å². The van der Waals surface area contributed by atoms with Gasteiger partial charge in [-0.15, -0.1) is 11.3 Å². The molecular formula is C21H15Cl2N3OS. The molecule has 28 heavy (non-hydrogen) atoms. The minimum atomic E-state index is -0.217. The first-order valence-corrected chi connectivity index (χ1v) is 10.1. The molecule has 1 amide bonds. The highest BCUT2D eigenvalue weighted by molar-refractivity contribution is 7.12. The number of hydrazone groups is 1. The Kier molecular flexibility index (Phi) is 5.48. The number of para-hydroxylation sites is 1. The summed E-state index contributed by atoms with van der Waals surface area (Å²) in [6.07, 6.45) is 3.67. The van der Waals surface area contributed by atoms with Crippen molar-refractivity contribution in [2.75, 3.05) is 0 Å². The van der Waals surface area contributed by atoms with Gasteiger partial charge >= 0.3 is 0 Å². The molecule has 0 unspecified atom stereocenters. The first-order valence-electron chi connectivity index (χ1n) is 8.50. The van der Waals surface area contributed by atoms with Crippen molar-refractivity contribution in [1.29, 1.82) is 0 Å². The molecule has 1 N–H and O–H groups in total. The lowest BCUT2D eigenvalue weighted by Gasteiger charge is -2.06. The number of hydrogen-bond donors (Lipinski definition) is 1. The second kappa shape index (κ2) is 8.19. The van der Waals surface area contributed by atoms with Gasteiger partial charge in [0.05, 0.1) is 21.1 Å². The van der Waals surface area contributed by atoms with E-state index >= 15 is 0 Å². The Balaban J connectivity index is 1.60. The van der Waals surface area contributed by atoms with Crippen LogP contribution >= 0.6 is 34.5 Å². The van der Waals surface area contributed by atoms with Crippen molar-refractivity contribution < 1.29 is 4.79 Å². The fourth-order valence-corrected chi connectivity index (χ4v) is 3.90. The second-order valence-electron chi connectivity index (χ2n) is 6.15. The predicted octanol–water partition coefficient (Wildman–Crippen LogP) is 5.82. The van der Waals surface area contributed by atoms with Gasteiger partial charge in [0.2, 0.25) is 0 Å². The topological polar surface area (TPSA) is 46.4 Å². The average molecular weight is 428 g/mol. The number of amides is 1. The zero-order valence-electron chi connectivity index (χ0n) is 14.6. The molecule has 0 saturated heterocycles. The molecule has 0 aliphatic rings. The molecule has 7 heteroatoms. The van der Waals surface area contributed by atoms with E-state index in [1.807, 2.05) is 48.0 Å². The van der Waals surface area contributed by atoms with E-state index in [-0.39, 0.29) is 5.91 Å². The number of halogens is 2. The fraction of sp³-hybridized carbons (Fsp3) is 0.0476. The normalized spacial score (nSPS) is 11.4. The molecule has 0 bridgehead atoms. The van der Waals surface area contributed by atoms with Crippen LogP contribution < -0.4 is 5.43 Å². The lowest BCUT2D eigenvalue weighted by molar-refractivity contribution is 0.0959. The van der Waals surface area contributed by atoms with Crippen molar-refractivity contribution in [1.82, 2.24) is 9.99 Å². The smallest absolute Gasteiger partial charge is 0.281 e. The SMILES string of the molecule is O=C(NN=Cc1cn(Cc2ccc(Cl)c(Cl)c2)c2ccccc12)c1cccs1. The minimum Gasteiger partial charge on any atom is -0.342 e. The summed E-state index contributed by atoms with van der Waals surface area (Å²) in [7, 11) is 0. The highest BCUT2D eigenvalue weighted by Crippen LogP contribution is 2.25. The van der Waals surface area contributed by atoms with Gasteiger partial charge < -0.3 is 4.57 Å². The number of nitrogens with one attached hydrogen (secondary N) is 1. The van der Waals surface area contributed by atoms with Gasteiger partial charge in [-0.05, 0) is 35.2 Å². The van der Waals surface area contributed by atoms with Crippen molar-refractivity contribution >= 4 is 57.6 Å². The van der Waals surface area contributed by atoms with E-state index in [1.165, 1.54) is 11.3 Å². The first-order chi connectivity index (χ1) is 13.6. The van der Waals surface area contributed by atoms with Crippen LogP contribution in [0.5, 0.6) is 0 Å². The molecule has 0 spiro atoms. The molecular weight excluding hydrogens is 413 g/mol. The minimum absolute atomic E-state index is 0.217. The summed E-state index contributed by atoms with van der Waals surface area (Å²) in [5.41, 5.74) is 5.60. The van der Waals surface area contributed by atoms with Gasteiger partial charge in [-0.25, -0.2) is 5.43 Å². The Labute approximate surface area is 176 Å². The molecule has 0 aliphatic carbocycles. The molecule has 4 aromatic rings. The Hall–Kier alpha value is -2.60. The van der Waals surface area contributed by atoms with Crippen LogP contribution in [0.25, 0.3) is 10.9 Å². The molecule has 0 aliphatic heterocycles. The van der Waals surface area contributed by atoms with Gasteiger partial charge in [-0.1, -0.05) is 53.5 Å². The number of rotatable bonds is 5. The predicted molar refractivity (Wildman–Crippen MR) is 117 cm³/mol. The molecule has 4 rings (SSSR count). The number of carbonyl (C=O) groups is 1. The van der Waals surface area contributed by atoms with E-state index in [9.17, 15) is 4.79 Å². The maximum atomic E-state index is 12.0. The van der Waals surface area contributed by atoms with Gasteiger partial charge in [-0.3, -0.25) is 4.79 Å². The highest BCUT2D eigenvalue weighted by Gasteiger charge is 2.09. The Bertz CT molecular complexity index is 1170. The number of aromatic nitrogens is 1. The fourth-order valence-electron chi connectivity index (χ4n) is 2.97. The summed E-state index contributed by atoms with van der Waals surface area (Å²) >= 11 is 13.5. The number of fused-ring (bicyclic) bond motifs is 1. The third kappa shape index (κ3) is 3.97. The van der Waals surface area contributed by atoms with E-state index in [2.05, 4.69) is 21.2 Å². The van der Waals surface area contributed by atoms with Crippen LogP contribution in [0.4, 0.5) is 0 Å². The van der Waals surface area contributed by atoms with Gasteiger partial charge in [0.1, 0.15) is 0 Å². The molecule has 0 atom stereocenters. The standard InChI is InChI=1S/C21H15Cl2N3OS/c22-17-8-7-14(10-18(17)23)12-26-13-15(16-4-1-2-5-19(16)26)11-24-25-21(27)20-6-3-9-28-20/h1-11,13H,12H2,(H,25,27). The summed E-state index contributed by atoms with van der Waals surface area (Å²) in [4.78, 5) is 12.6. The van der Waals surface area contributed by atoms with Crippen LogP contribution in [-0.2, 0) is 6.54 Å². The maximum Gasteiger partial charge on any atom is 0.281 e. The Morgan fingerprint density at radius 1 is 1.11 bits per heavy atom. The number of hydrogen-bond acceptors (Lipinski definition) is 3. The maximum absolute atomic E-state index is 12.0. The van der Waals surface area contributed by atoms with Crippen LogP contribution in [0.1, 0.15) is 20.8 Å². The molecule has 0 saturated carbocycles. The zero-order chi connectivity index (χ0) is 19.5.